The molecule has 4 heteroatoms. The standard InChI is InChI=1S/C16H32O4/c1-4-6-8-13-19-16(20-14-9-7-5-2)11-10-12-18-15-17-3/h10-11,16H,4-9,12-15H2,1-3H3. The van der Waals surface area contributed by atoms with E-state index in [1.54, 1.807) is 7.11 Å². The van der Waals surface area contributed by atoms with E-state index < -0.39 is 0 Å². The molecule has 0 spiro atoms. The summed E-state index contributed by atoms with van der Waals surface area (Å²) in [6.45, 7) is 6.69. The fourth-order valence-corrected chi connectivity index (χ4v) is 1.63. The second kappa shape index (κ2) is 16.6. The average molecular weight is 288 g/mol. The number of hydrogen-bond donors (Lipinski definition) is 0. The summed E-state index contributed by atoms with van der Waals surface area (Å²) in [7, 11) is 1.61. The van der Waals surface area contributed by atoms with Crippen LogP contribution in [0.2, 0.25) is 0 Å². The van der Waals surface area contributed by atoms with Gasteiger partial charge in [-0.1, -0.05) is 45.6 Å². The van der Waals surface area contributed by atoms with E-state index >= 15 is 0 Å². The molecule has 0 bridgehead atoms. The summed E-state index contributed by atoms with van der Waals surface area (Å²) in [5, 5.41) is 0. The summed E-state index contributed by atoms with van der Waals surface area (Å²) < 4.78 is 21.5. The lowest BCUT2D eigenvalue weighted by Crippen LogP contribution is -2.16. The first-order chi connectivity index (χ1) is 9.85. The molecule has 120 valence electrons. The second-order valence-corrected chi connectivity index (χ2v) is 4.73. The van der Waals surface area contributed by atoms with Crippen LogP contribution in [0.1, 0.15) is 52.4 Å². The summed E-state index contributed by atoms with van der Waals surface area (Å²) in [6, 6.07) is 0. The molecule has 0 saturated carbocycles. The molecule has 0 N–H and O–H groups in total. The Morgan fingerprint density at radius 2 is 1.50 bits per heavy atom. The van der Waals surface area contributed by atoms with Crippen LogP contribution in [0.4, 0.5) is 0 Å². The first-order valence-electron chi connectivity index (χ1n) is 7.81. The van der Waals surface area contributed by atoms with Crippen molar-refractivity contribution in [3.63, 3.8) is 0 Å². The minimum absolute atomic E-state index is 0.255. The second-order valence-electron chi connectivity index (χ2n) is 4.73. The molecule has 0 aromatic heterocycles. The number of ether oxygens (including phenoxy) is 4. The quantitative estimate of drug-likeness (QED) is 0.260. The summed E-state index contributed by atoms with van der Waals surface area (Å²) >= 11 is 0. The molecular weight excluding hydrogens is 256 g/mol. The first-order valence-corrected chi connectivity index (χ1v) is 7.81. The van der Waals surface area contributed by atoms with Gasteiger partial charge < -0.3 is 18.9 Å². The molecule has 0 aliphatic heterocycles. The lowest BCUT2D eigenvalue weighted by atomic mass is 10.3. The minimum atomic E-state index is -0.255. The zero-order chi connectivity index (χ0) is 14.9. The third-order valence-electron chi connectivity index (χ3n) is 2.77. The average Bonchev–Trinajstić information content (AvgIpc) is 2.47. The van der Waals surface area contributed by atoms with E-state index in [0.717, 1.165) is 26.1 Å². The normalized spacial score (nSPS) is 11.8. The molecule has 0 radical (unpaired) electrons. The van der Waals surface area contributed by atoms with Crippen LogP contribution in [-0.2, 0) is 18.9 Å². The van der Waals surface area contributed by atoms with E-state index in [1.165, 1.54) is 25.7 Å². The van der Waals surface area contributed by atoms with Crippen LogP contribution in [-0.4, -0.2) is 40.0 Å². The number of unbranched alkanes of at least 4 members (excludes halogenated alkanes) is 4. The highest BCUT2D eigenvalue weighted by Gasteiger charge is 2.04. The van der Waals surface area contributed by atoms with Gasteiger partial charge in [0.05, 0.1) is 19.8 Å². The number of methoxy groups -OCH3 is 1. The molecule has 0 heterocycles. The van der Waals surface area contributed by atoms with Crippen LogP contribution in [0.25, 0.3) is 0 Å². The third-order valence-corrected chi connectivity index (χ3v) is 2.77. The Morgan fingerprint density at radius 1 is 0.900 bits per heavy atom. The van der Waals surface area contributed by atoms with E-state index in [0.29, 0.717) is 13.4 Å². The van der Waals surface area contributed by atoms with Gasteiger partial charge in [0.1, 0.15) is 6.79 Å². The SMILES string of the molecule is CCCCCOC(C=CCOCOC)OCCCCC. The van der Waals surface area contributed by atoms with E-state index in [2.05, 4.69) is 13.8 Å². The molecule has 0 aromatic rings. The highest BCUT2D eigenvalue weighted by atomic mass is 16.7. The largest absolute Gasteiger partial charge is 0.359 e. The molecule has 0 fully saturated rings. The molecule has 4 nitrogen and oxygen atoms in total. The zero-order valence-corrected chi connectivity index (χ0v) is 13.4. The van der Waals surface area contributed by atoms with Crippen molar-refractivity contribution in [2.24, 2.45) is 0 Å². The van der Waals surface area contributed by atoms with Gasteiger partial charge in [-0.05, 0) is 18.9 Å². The topological polar surface area (TPSA) is 36.9 Å². The van der Waals surface area contributed by atoms with Crippen molar-refractivity contribution in [3.8, 4) is 0 Å². The molecular formula is C16H32O4. The van der Waals surface area contributed by atoms with Crippen molar-refractivity contribution in [1.29, 1.82) is 0 Å². The Hall–Kier alpha value is -0.420. The van der Waals surface area contributed by atoms with E-state index in [1.807, 2.05) is 12.2 Å². The molecule has 0 aliphatic carbocycles. The van der Waals surface area contributed by atoms with Crippen LogP contribution >= 0.6 is 0 Å². The predicted octanol–water partition coefficient (Wildman–Crippen LogP) is 3.90. The van der Waals surface area contributed by atoms with Crippen LogP contribution in [0.5, 0.6) is 0 Å². The molecule has 20 heavy (non-hydrogen) atoms. The van der Waals surface area contributed by atoms with Crippen molar-refractivity contribution < 1.29 is 18.9 Å². The van der Waals surface area contributed by atoms with E-state index in [-0.39, 0.29) is 6.29 Å². The summed E-state index contributed by atoms with van der Waals surface area (Å²) in [5.74, 6) is 0. The zero-order valence-electron chi connectivity index (χ0n) is 13.4. The number of hydrogen-bond acceptors (Lipinski definition) is 4. The van der Waals surface area contributed by atoms with Gasteiger partial charge in [0.2, 0.25) is 0 Å². The molecule has 0 unspecified atom stereocenters. The lowest BCUT2D eigenvalue weighted by Gasteiger charge is -2.15. The predicted molar refractivity (Wildman–Crippen MR) is 81.7 cm³/mol. The van der Waals surface area contributed by atoms with E-state index in [9.17, 15) is 0 Å². The maximum absolute atomic E-state index is 5.74. The van der Waals surface area contributed by atoms with Gasteiger partial charge in [-0.2, -0.15) is 0 Å². The van der Waals surface area contributed by atoms with Crippen LogP contribution in [0, 0.1) is 0 Å². The van der Waals surface area contributed by atoms with Crippen LogP contribution < -0.4 is 0 Å². The van der Waals surface area contributed by atoms with Crippen molar-refractivity contribution in [2.75, 3.05) is 33.7 Å². The smallest absolute Gasteiger partial charge is 0.176 e. The summed E-state index contributed by atoms with van der Waals surface area (Å²) in [5.41, 5.74) is 0. The summed E-state index contributed by atoms with van der Waals surface area (Å²) in [6.07, 6.45) is 10.6. The fraction of sp³-hybridized carbons (Fsp3) is 0.875. The highest BCUT2D eigenvalue weighted by molar-refractivity contribution is 4.85. The van der Waals surface area contributed by atoms with Gasteiger partial charge in [0.15, 0.2) is 6.29 Å². The van der Waals surface area contributed by atoms with Gasteiger partial charge in [-0.25, -0.2) is 0 Å². The lowest BCUT2D eigenvalue weighted by molar-refractivity contribution is -0.113. The molecule has 0 atom stereocenters. The first kappa shape index (κ1) is 19.6. The molecule has 0 aliphatic rings. The van der Waals surface area contributed by atoms with Gasteiger partial charge in [0, 0.05) is 7.11 Å². The van der Waals surface area contributed by atoms with Crippen LogP contribution in [0.3, 0.4) is 0 Å². The van der Waals surface area contributed by atoms with Crippen molar-refractivity contribution >= 4 is 0 Å². The Balaban J connectivity index is 3.83. The Labute approximate surface area is 124 Å². The van der Waals surface area contributed by atoms with E-state index in [4.69, 9.17) is 18.9 Å². The molecule has 0 rings (SSSR count). The summed E-state index contributed by atoms with van der Waals surface area (Å²) in [4.78, 5) is 0. The molecule has 0 saturated heterocycles. The Bertz CT molecular complexity index is 195. The van der Waals surface area contributed by atoms with Crippen molar-refractivity contribution in [3.05, 3.63) is 12.2 Å². The van der Waals surface area contributed by atoms with Crippen molar-refractivity contribution in [1.82, 2.24) is 0 Å². The number of rotatable bonds is 15. The third kappa shape index (κ3) is 14.0. The Morgan fingerprint density at radius 3 is 2.00 bits per heavy atom. The Kier molecular flexibility index (Phi) is 16.3. The van der Waals surface area contributed by atoms with Crippen LogP contribution in [0.15, 0.2) is 12.2 Å². The molecule has 0 amide bonds. The van der Waals surface area contributed by atoms with Gasteiger partial charge in [-0.15, -0.1) is 0 Å². The van der Waals surface area contributed by atoms with Crippen molar-refractivity contribution in [2.45, 2.75) is 58.7 Å². The fourth-order valence-electron chi connectivity index (χ4n) is 1.63. The molecule has 0 aromatic carbocycles. The maximum atomic E-state index is 5.74. The van der Waals surface area contributed by atoms with Gasteiger partial charge >= 0.3 is 0 Å². The minimum Gasteiger partial charge on any atom is -0.359 e. The monoisotopic (exact) mass is 288 g/mol. The van der Waals surface area contributed by atoms with Gasteiger partial charge in [0.25, 0.3) is 0 Å². The highest BCUT2D eigenvalue weighted by Crippen LogP contribution is 2.04. The van der Waals surface area contributed by atoms with Gasteiger partial charge in [-0.3, -0.25) is 0 Å². The maximum Gasteiger partial charge on any atom is 0.176 e.